The molecule has 0 radical (unpaired) electrons. The van der Waals surface area contributed by atoms with Gasteiger partial charge in [-0.15, -0.1) is 10.2 Å². The summed E-state index contributed by atoms with van der Waals surface area (Å²) in [5, 5.41) is 8.01. The Bertz CT molecular complexity index is 896. The molecule has 0 N–H and O–H groups in total. The first-order valence-electron chi connectivity index (χ1n) is 8.23. The molecule has 1 unspecified atom stereocenters. The predicted octanol–water partition coefficient (Wildman–Crippen LogP) is 4.28. The van der Waals surface area contributed by atoms with E-state index in [2.05, 4.69) is 10.2 Å². The smallest absolute Gasteiger partial charge is 0.338 e. The summed E-state index contributed by atoms with van der Waals surface area (Å²) in [5.41, 5.74) is 3.27. The van der Waals surface area contributed by atoms with Gasteiger partial charge < -0.3 is 13.9 Å². The van der Waals surface area contributed by atoms with Gasteiger partial charge in [0.15, 0.2) is 6.10 Å². The number of esters is 1. The molecule has 3 aromatic rings. The molecule has 0 saturated heterocycles. The Kier molecular flexibility index (Phi) is 5.02. The van der Waals surface area contributed by atoms with Crippen LogP contribution in [-0.2, 0) is 4.74 Å². The average molecular weight is 352 g/mol. The topological polar surface area (TPSA) is 74.5 Å². The highest BCUT2D eigenvalue weighted by molar-refractivity contribution is 5.90. The lowest BCUT2D eigenvalue weighted by molar-refractivity contribution is 0.0279. The molecule has 6 heteroatoms. The van der Waals surface area contributed by atoms with E-state index in [1.807, 2.05) is 44.2 Å². The third-order valence-electron chi connectivity index (χ3n) is 3.87. The van der Waals surface area contributed by atoms with Crippen LogP contribution in [0.5, 0.6) is 5.75 Å². The van der Waals surface area contributed by atoms with Crippen LogP contribution in [0.3, 0.4) is 0 Å². The Morgan fingerprint density at radius 3 is 2.31 bits per heavy atom. The van der Waals surface area contributed by atoms with E-state index in [4.69, 9.17) is 13.9 Å². The fourth-order valence-corrected chi connectivity index (χ4v) is 2.62. The summed E-state index contributed by atoms with van der Waals surface area (Å²) in [6.07, 6.45) is -0.650. The molecule has 1 aromatic heterocycles. The molecule has 1 atom stereocenters. The SMILES string of the molecule is COc1ccc(-c2nnc(C(C)OC(=O)c3cc(C)cc(C)c3)o2)cc1. The minimum Gasteiger partial charge on any atom is -0.497 e. The second-order valence-electron chi connectivity index (χ2n) is 6.10. The summed E-state index contributed by atoms with van der Waals surface area (Å²) in [6, 6.07) is 12.8. The maximum Gasteiger partial charge on any atom is 0.338 e. The number of hydrogen-bond donors (Lipinski definition) is 0. The van der Waals surface area contributed by atoms with Gasteiger partial charge in [0.2, 0.25) is 5.89 Å². The van der Waals surface area contributed by atoms with Crippen molar-refractivity contribution in [2.45, 2.75) is 26.9 Å². The van der Waals surface area contributed by atoms with E-state index >= 15 is 0 Å². The van der Waals surface area contributed by atoms with E-state index in [1.54, 1.807) is 26.2 Å². The van der Waals surface area contributed by atoms with Crippen molar-refractivity contribution in [3.63, 3.8) is 0 Å². The van der Waals surface area contributed by atoms with E-state index in [-0.39, 0.29) is 5.89 Å². The zero-order chi connectivity index (χ0) is 18.7. The Morgan fingerprint density at radius 2 is 1.69 bits per heavy atom. The second-order valence-corrected chi connectivity index (χ2v) is 6.10. The molecule has 0 aliphatic heterocycles. The molecule has 0 amide bonds. The highest BCUT2D eigenvalue weighted by atomic mass is 16.6. The number of hydrogen-bond acceptors (Lipinski definition) is 6. The summed E-state index contributed by atoms with van der Waals surface area (Å²) in [6.45, 7) is 5.57. The van der Waals surface area contributed by atoms with Gasteiger partial charge in [0.05, 0.1) is 12.7 Å². The molecule has 0 bridgehead atoms. The Balaban J connectivity index is 1.73. The monoisotopic (exact) mass is 352 g/mol. The number of methoxy groups -OCH3 is 1. The fourth-order valence-electron chi connectivity index (χ4n) is 2.62. The molecule has 0 aliphatic carbocycles. The molecule has 0 spiro atoms. The summed E-state index contributed by atoms with van der Waals surface area (Å²) in [4.78, 5) is 12.4. The number of carbonyl (C=O) groups is 1. The van der Waals surface area contributed by atoms with Crippen molar-refractivity contribution in [1.82, 2.24) is 10.2 Å². The predicted molar refractivity (Wildman–Crippen MR) is 96.0 cm³/mol. The van der Waals surface area contributed by atoms with Gasteiger partial charge >= 0.3 is 5.97 Å². The van der Waals surface area contributed by atoms with Gasteiger partial charge in [0.1, 0.15) is 5.75 Å². The third kappa shape index (κ3) is 3.91. The highest BCUT2D eigenvalue weighted by Crippen LogP contribution is 2.25. The highest BCUT2D eigenvalue weighted by Gasteiger charge is 2.20. The van der Waals surface area contributed by atoms with Crippen LogP contribution in [-0.4, -0.2) is 23.3 Å². The summed E-state index contributed by atoms with van der Waals surface area (Å²) in [7, 11) is 1.60. The van der Waals surface area contributed by atoms with Gasteiger partial charge in [-0.3, -0.25) is 0 Å². The van der Waals surface area contributed by atoms with Crippen molar-refractivity contribution in [2.24, 2.45) is 0 Å². The van der Waals surface area contributed by atoms with Crippen LogP contribution in [0.2, 0.25) is 0 Å². The summed E-state index contributed by atoms with van der Waals surface area (Å²) < 4.78 is 16.2. The summed E-state index contributed by atoms with van der Waals surface area (Å²) >= 11 is 0. The van der Waals surface area contributed by atoms with E-state index < -0.39 is 12.1 Å². The van der Waals surface area contributed by atoms with Gasteiger partial charge in [0.25, 0.3) is 5.89 Å². The van der Waals surface area contributed by atoms with Crippen molar-refractivity contribution in [2.75, 3.05) is 7.11 Å². The first-order valence-corrected chi connectivity index (χ1v) is 8.23. The second kappa shape index (κ2) is 7.39. The molecule has 134 valence electrons. The molecule has 6 nitrogen and oxygen atoms in total. The van der Waals surface area contributed by atoms with Crippen molar-refractivity contribution in [1.29, 1.82) is 0 Å². The Morgan fingerprint density at radius 1 is 1.04 bits per heavy atom. The minimum absolute atomic E-state index is 0.244. The van der Waals surface area contributed by atoms with Crippen molar-refractivity contribution < 1.29 is 18.7 Å². The molecular formula is C20H20N2O4. The van der Waals surface area contributed by atoms with Gasteiger partial charge in [0, 0.05) is 5.56 Å². The van der Waals surface area contributed by atoms with E-state index in [1.165, 1.54) is 0 Å². The van der Waals surface area contributed by atoms with Gasteiger partial charge in [-0.1, -0.05) is 17.2 Å². The molecule has 26 heavy (non-hydrogen) atoms. The largest absolute Gasteiger partial charge is 0.497 e. The van der Waals surface area contributed by atoms with E-state index in [0.29, 0.717) is 11.5 Å². The van der Waals surface area contributed by atoms with Crippen LogP contribution in [0.4, 0.5) is 0 Å². The molecule has 3 rings (SSSR count). The molecule has 0 aliphatic rings. The van der Waals surface area contributed by atoms with Crippen LogP contribution in [0.15, 0.2) is 46.9 Å². The number of aromatic nitrogens is 2. The lowest BCUT2D eigenvalue weighted by atomic mass is 10.1. The lowest BCUT2D eigenvalue weighted by Crippen LogP contribution is -2.10. The van der Waals surface area contributed by atoms with Crippen LogP contribution < -0.4 is 4.74 Å². The van der Waals surface area contributed by atoms with Crippen LogP contribution in [0.25, 0.3) is 11.5 Å². The van der Waals surface area contributed by atoms with Crippen LogP contribution >= 0.6 is 0 Å². The maximum absolute atomic E-state index is 12.4. The number of carbonyl (C=O) groups excluding carboxylic acids is 1. The van der Waals surface area contributed by atoms with Crippen LogP contribution in [0.1, 0.15) is 40.4 Å². The lowest BCUT2D eigenvalue weighted by Gasteiger charge is -2.10. The van der Waals surface area contributed by atoms with Crippen molar-refractivity contribution in [3.8, 4) is 17.2 Å². The maximum atomic E-state index is 12.4. The van der Waals surface area contributed by atoms with E-state index in [9.17, 15) is 4.79 Å². The molecule has 2 aromatic carbocycles. The zero-order valence-electron chi connectivity index (χ0n) is 15.1. The van der Waals surface area contributed by atoms with Crippen molar-refractivity contribution in [3.05, 3.63) is 65.0 Å². The standard InChI is InChI=1S/C20H20N2O4/c1-12-9-13(2)11-16(10-12)20(23)25-14(3)18-21-22-19(26-18)15-5-7-17(24-4)8-6-15/h5-11,14H,1-4H3. The van der Waals surface area contributed by atoms with Gasteiger partial charge in [-0.25, -0.2) is 4.79 Å². The van der Waals surface area contributed by atoms with Crippen molar-refractivity contribution >= 4 is 5.97 Å². The number of ether oxygens (including phenoxy) is 2. The quantitative estimate of drug-likeness (QED) is 0.638. The Labute approximate surface area is 151 Å². The van der Waals surface area contributed by atoms with Crippen LogP contribution in [0, 0.1) is 13.8 Å². The summed E-state index contributed by atoms with van der Waals surface area (Å²) in [5.74, 6) is 0.920. The molecule has 0 fully saturated rings. The fraction of sp³-hybridized carbons (Fsp3) is 0.250. The number of nitrogens with zero attached hydrogens (tertiary/aromatic N) is 2. The first-order chi connectivity index (χ1) is 12.5. The number of aryl methyl sites for hydroxylation is 2. The number of rotatable bonds is 5. The molecule has 0 saturated carbocycles. The first kappa shape index (κ1) is 17.7. The van der Waals surface area contributed by atoms with Gasteiger partial charge in [-0.05, 0) is 57.2 Å². The molecular weight excluding hydrogens is 332 g/mol. The average Bonchev–Trinajstić information content (AvgIpc) is 3.11. The third-order valence-corrected chi connectivity index (χ3v) is 3.87. The molecule has 1 heterocycles. The minimum atomic E-state index is -0.650. The van der Waals surface area contributed by atoms with E-state index in [0.717, 1.165) is 22.4 Å². The Hall–Kier alpha value is -3.15. The normalized spacial score (nSPS) is 11.8. The van der Waals surface area contributed by atoms with Gasteiger partial charge in [-0.2, -0.15) is 0 Å². The number of benzene rings is 2. The zero-order valence-corrected chi connectivity index (χ0v) is 15.1.